The Kier molecular flexibility index (Phi) is 6.35. The summed E-state index contributed by atoms with van der Waals surface area (Å²) in [6, 6.07) is -0.941. The summed E-state index contributed by atoms with van der Waals surface area (Å²) in [4.78, 5) is 35.9. The Morgan fingerprint density at radius 2 is 1.77 bits per heavy atom. The molecule has 2 atom stereocenters. The number of ether oxygens (including phenoxy) is 1. The topological polar surface area (TPSA) is 95.9 Å². The molecule has 1 heterocycles. The van der Waals surface area contributed by atoms with Crippen LogP contribution in [0.2, 0.25) is 0 Å². The van der Waals surface area contributed by atoms with Gasteiger partial charge in [-0.25, -0.2) is 4.79 Å². The van der Waals surface area contributed by atoms with E-state index < -0.39 is 43.1 Å². The molecule has 2 aliphatic rings. The van der Waals surface area contributed by atoms with Gasteiger partial charge in [0.15, 0.2) is 0 Å². The monoisotopic (exact) mass is 380 g/mol. The van der Waals surface area contributed by atoms with Gasteiger partial charge in [0, 0.05) is 19.1 Å². The zero-order valence-corrected chi connectivity index (χ0v) is 14.4. The minimum Gasteiger partial charge on any atom is -0.481 e. The fourth-order valence-corrected chi connectivity index (χ4v) is 3.55. The van der Waals surface area contributed by atoms with Crippen molar-refractivity contribution in [3.63, 3.8) is 0 Å². The largest absolute Gasteiger partial charge is 0.481 e. The van der Waals surface area contributed by atoms with Gasteiger partial charge in [-0.3, -0.25) is 9.59 Å². The van der Waals surface area contributed by atoms with Gasteiger partial charge in [-0.05, 0) is 32.6 Å². The van der Waals surface area contributed by atoms with Gasteiger partial charge < -0.3 is 20.1 Å². The fourth-order valence-electron chi connectivity index (χ4n) is 3.55. The Morgan fingerprint density at radius 1 is 1.15 bits per heavy atom. The molecule has 0 aromatic carbocycles. The summed E-state index contributed by atoms with van der Waals surface area (Å²) < 4.78 is 43.9. The van der Waals surface area contributed by atoms with Crippen LogP contribution >= 0.6 is 0 Å². The number of nitrogens with zero attached hydrogens (tertiary/aromatic N) is 1. The van der Waals surface area contributed by atoms with Crippen molar-refractivity contribution in [1.29, 1.82) is 0 Å². The molecule has 2 N–H and O–H groups in total. The fraction of sp³-hybridized carbons (Fsp3) is 0.812. The number of carbonyl (C=O) groups is 3. The number of esters is 1. The van der Waals surface area contributed by atoms with E-state index in [1.54, 1.807) is 6.92 Å². The van der Waals surface area contributed by atoms with Crippen LogP contribution in [0.5, 0.6) is 0 Å². The van der Waals surface area contributed by atoms with Gasteiger partial charge in [0.25, 0.3) is 0 Å². The van der Waals surface area contributed by atoms with Crippen LogP contribution in [0.25, 0.3) is 0 Å². The van der Waals surface area contributed by atoms with Crippen LogP contribution < -0.4 is 5.32 Å². The second kappa shape index (κ2) is 8.13. The Hall–Kier alpha value is -2.00. The first kappa shape index (κ1) is 20.3. The van der Waals surface area contributed by atoms with Crippen LogP contribution in [0.4, 0.5) is 18.0 Å². The van der Waals surface area contributed by atoms with Crippen LogP contribution in [0.15, 0.2) is 0 Å². The van der Waals surface area contributed by atoms with E-state index in [2.05, 4.69) is 5.32 Å². The number of amides is 2. The molecule has 1 saturated heterocycles. The third kappa shape index (κ3) is 4.79. The molecule has 0 spiro atoms. The number of likely N-dealkylation sites (tertiary alicyclic amines) is 1. The lowest BCUT2D eigenvalue weighted by molar-refractivity contribution is -0.187. The van der Waals surface area contributed by atoms with E-state index >= 15 is 0 Å². The molecule has 2 fully saturated rings. The van der Waals surface area contributed by atoms with Crippen molar-refractivity contribution in [2.45, 2.75) is 44.8 Å². The summed E-state index contributed by atoms with van der Waals surface area (Å²) in [5, 5.41) is 11.6. The number of nitrogens with one attached hydrogen (secondary N) is 1. The summed E-state index contributed by atoms with van der Waals surface area (Å²) >= 11 is 0. The van der Waals surface area contributed by atoms with Crippen molar-refractivity contribution in [2.24, 2.45) is 17.8 Å². The lowest BCUT2D eigenvalue weighted by atomic mass is 9.86. The first-order chi connectivity index (χ1) is 12.1. The smallest absolute Gasteiger partial charge is 0.394 e. The molecule has 7 nitrogen and oxygen atoms in total. The van der Waals surface area contributed by atoms with Crippen LogP contribution in [0.3, 0.4) is 0 Å². The van der Waals surface area contributed by atoms with Crippen molar-refractivity contribution >= 4 is 18.0 Å². The van der Waals surface area contributed by atoms with Crippen LogP contribution in [-0.4, -0.2) is 59.9 Å². The Morgan fingerprint density at radius 3 is 2.23 bits per heavy atom. The van der Waals surface area contributed by atoms with E-state index in [0.717, 1.165) is 4.90 Å². The maximum Gasteiger partial charge on any atom is 0.394 e. The van der Waals surface area contributed by atoms with E-state index in [1.807, 2.05) is 0 Å². The molecule has 2 amide bonds. The van der Waals surface area contributed by atoms with Crippen molar-refractivity contribution in [2.75, 3.05) is 19.7 Å². The van der Waals surface area contributed by atoms with Gasteiger partial charge in [0.05, 0.1) is 24.4 Å². The molecule has 0 bridgehead atoms. The molecule has 26 heavy (non-hydrogen) atoms. The number of aliphatic carboxylic acids is 1. The highest BCUT2D eigenvalue weighted by atomic mass is 19.4. The van der Waals surface area contributed by atoms with Gasteiger partial charge in [0.1, 0.15) is 0 Å². The van der Waals surface area contributed by atoms with E-state index in [-0.39, 0.29) is 17.9 Å². The summed E-state index contributed by atoms with van der Waals surface area (Å²) in [5.41, 5.74) is 0. The average molecular weight is 380 g/mol. The molecule has 0 radical (unpaired) electrons. The van der Waals surface area contributed by atoms with Crippen molar-refractivity contribution in [3.8, 4) is 0 Å². The van der Waals surface area contributed by atoms with Crippen molar-refractivity contribution < 1.29 is 37.4 Å². The first-order valence-corrected chi connectivity index (χ1v) is 8.65. The molecular weight excluding hydrogens is 357 g/mol. The number of rotatable bonds is 4. The predicted molar refractivity (Wildman–Crippen MR) is 83.2 cm³/mol. The number of alkyl halides is 3. The molecule has 0 aromatic heterocycles. The summed E-state index contributed by atoms with van der Waals surface area (Å²) in [6.45, 7) is 0.891. The predicted octanol–water partition coefficient (Wildman–Crippen LogP) is 2.01. The summed E-state index contributed by atoms with van der Waals surface area (Å²) in [6.07, 6.45) is -2.56. The molecule has 10 heteroatoms. The molecule has 1 aliphatic carbocycles. The second-order valence-corrected chi connectivity index (χ2v) is 6.75. The second-order valence-electron chi connectivity index (χ2n) is 6.75. The Bertz CT molecular complexity index is 546. The van der Waals surface area contributed by atoms with Crippen molar-refractivity contribution in [3.05, 3.63) is 0 Å². The number of halogens is 3. The molecule has 1 saturated carbocycles. The van der Waals surface area contributed by atoms with E-state index in [0.29, 0.717) is 32.3 Å². The maximum absolute atomic E-state index is 13.0. The van der Waals surface area contributed by atoms with E-state index in [4.69, 9.17) is 9.84 Å². The van der Waals surface area contributed by atoms with Gasteiger partial charge >= 0.3 is 24.1 Å². The van der Waals surface area contributed by atoms with Crippen molar-refractivity contribution in [1.82, 2.24) is 10.2 Å². The number of hydrogen-bond acceptors (Lipinski definition) is 4. The molecule has 1 aliphatic heterocycles. The average Bonchev–Trinajstić information content (AvgIpc) is 3.02. The molecule has 2 rings (SSSR count). The Labute approximate surface area is 148 Å². The number of carboxylic acid groups (broad SMARTS) is 1. The quantitative estimate of drug-likeness (QED) is 0.728. The zero-order valence-electron chi connectivity index (χ0n) is 14.4. The standard InChI is InChI=1S/C16H23F3N2O5/c1-2-26-14(24)9-3-5-10(6-4-9)20-15(25)21-7-11(13(22)23)12(8-21)16(17,18)19/h9-12H,2-8H2,1H3,(H,20,25)(H,22,23)/t9?,10?,11-,12-/m1/s1. The minimum atomic E-state index is -4.67. The molecule has 0 aromatic rings. The third-order valence-electron chi connectivity index (χ3n) is 5.02. The van der Waals surface area contributed by atoms with Gasteiger partial charge in [-0.2, -0.15) is 13.2 Å². The summed E-state index contributed by atoms with van der Waals surface area (Å²) in [7, 11) is 0. The molecular formula is C16H23F3N2O5. The summed E-state index contributed by atoms with van der Waals surface area (Å²) in [5.74, 6) is -5.77. The van der Waals surface area contributed by atoms with Crippen LogP contribution in [0.1, 0.15) is 32.6 Å². The lowest BCUT2D eigenvalue weighted by Crippen LogP contribution is -2.46. The number of urea groups is 1. The number of carboxylic acids is 1. The van der Waals surface area contributed by atoms with Crippen LogP contribution in [-0.2, 0) is 14.3 Å². The molecule has 0 unspecified atom stereocenters. The maximum atomic E-state index is 13.0. The zero-order chi connectivity index (χ0) is 19.5. The normalized spacial score (nSPS) is 29.3. The highest BCUT2D eigenvalue weighted by Gasteiger charge is 2.53. The number of carbonyl (C=O) groups excluding carboxylic acids is 2. The van der Waals surface area contributed by atoms with E-state index in [9.17, 15) is 27.6 Å². The van der Waals surface area contributed by atoms with Gasteiger partial charge in [0.2, 0.25) is 0 Å². The highest BCUT2D eigenvalue weighted by Crippen LogP contribution is 2.37. The lowest BCUT2D eigenvalue weighted by Gasteiger charge is -2.29. The highest BCUT2D eigenvalue weighted by molar-refractivity contribution is 5.78. The number of hydrogen-bond donors (Lipinski definition) is 2. The minimum absolute atomic E-state index is 0.221. The van der Waals surface area contributed by atoms with Gasteiger partial charge in [-0.15, -0.1) is 0 Å². The molecule has 148 valence electrons. The van der Waals surface area contributed by atoms with Crippen LogP contribution in [0, 0.1) is 17.8 Å². The SMILES string of the molecule is CCOC(=O)C1CCC(NC(=O)N2C[C@@H](C(F)(F)F)[C@H](C(=O)O)C2)CC1. The first-order valence-electron chi connectivity index (χ1n) is 8.65. The third-order valence-corrected chi connectivity index (χ3v) is 5.02. The van der Waals surface area contributed by atoms with E-state index in [1.165, 1.54) is 0 Å². The van der Waals surface area contributed by atoms with Gasteiger partial charge in [-0.1, -0.05) is 0 Å². The Balaban J connectivity index is 1.87.